The third-order valence-corrected chi connectivity index (χ3v) is 3.77. The molecule has 0 heterocycles. The maximum Gasteiger partial charge on any atom is 0.0718 e. The van der Waals surface area contributed by atoms with Crippen molar-refractivity contribution in [2.24, 2.45) is 17.1 Å². The van der Waals surface area contributed by atoms with Crippen molar-refractivity contribution >= 4 is 0 Å². The summed E-state index contributed by atoms with van der Waals surface area (Å²) in [5.74, 6) is 0.572. The number of nitrogens with zero attached hydrogens (tertiary/aromatic N) is 1. The van der Waals surface area contributed by atoms with Crippen LogP contribution in [0.2, 0.25) is 0 Å². The van der Waals surface area contributed by atoms with Gasteiger partial charge < -0.3 is 15.7 Å². The van der Waals surface area contributed by atoms with Crippen LogP contribution in [0.25, 0.3) is 0 Å². The van der Waals surface area contributed by atoms with E-state index in [-0.39, 0.29) is 11.5 Å². The normalized spacial score (nSPS) is 30.0. The van der Waals surface area contributed by atoms with Crippen molar-refractivity contribution in [3.63, 3.8) is 0 Å². The van der Waals surface area contributed by atoms with Gasteiger partial charge in [-0.2, -0.15) is 0 Å². The zero-order valence-corrected chi connectivity index (χ0v) is 11.5. The monoisotopic (exact) mass is 228 g/mol. The topological polar surface area (TPSA) is 49.5 Å². The SMILES string of the molecule is CN(CC1CCC(C)(C)C1N)CC(C)(C)O. The molecular formula is C13H28N2O. The Hall–Kier alpha value is -0.120. The molecule has 2 unspecified atom stereocenters. The van der Waals surface area contributed by atoms with Crippen LogP contribution in [0.5, 0.6) is 0 Å². The van der Waals surface area contributed by atoms with Crippen LogP contribution < -0.4 is 5.73 Å². The molecule has 0 bridgehead atoms. The van der Waals surface area contributed by atoms with Gasteiger partial charge in [0.25, 0.3) is 0 Å². The Morgan fingerprint density at radius 2 is 2.00 bits per heavy atom. The first kappa shape index (κ1) is 13.9. The molecule has 3 N–H and O–H groups in total. The first-order valence-electron chi connectivity index (χ1n) is 6.28. The summed E-state index contributed by atoms with van der Waals surface area (Å²) in [6.07, 6.45) is 2.43. The highest BCUT2D eigenvalue weighted by Gasteiger charge is 2.39. The van der Waals surface area contributed by atoms with Crippen LogP contribution in [-0.4, -0.2) is 41.8 Å². The molecule has 0 aromatic rings. The van der Waals surface area contributed by atoms with E-state index in [9.17, 15) is 5.11 Å². The van der Waals surface area contributed by atoms with E-state index in [1.807, 2.05) is 13.8 Å². The van der Waals surface area contributed by atoms with Crippen LogP contribution in [0.15, 0.2) is 0 Å². The molecule has 0 aromatic heterocycles. The van der Waals surface area contributed by atoms with Gasteiger partial charge in [0, 0.05) is 19.1 Å². The number of likely N-dealkylation sites (N-methyl/N-ethyl adjacent to an activating group) is 1. The number of hydrogen-bond acceptors (Lipinski definition) is 3. The lowest BCUT2D eigenvalue weighted by atomic mass is 9.85. The summed E-state index contributed by atoms with van der Waals surface area (Å²) in [4.78, 5) is 2.20. The van der Waals surface area contributed by atoms with Gasteiger partial charge in [-0.1, -0.05) is 13.8 Å². The zero-order chi connectivity index (χ0) is 12.6. The van der Waals surface area contributed by atoms with Crippen LogP contribution in [0.3, 0.4) is 0 Å². The summed E-state index contributed by atoms with van der Waals surface area (Å²) in [6.45, 7) is 9.91. The van der Waals surface area contributed by atoms with Gasteiger partial charge in [-0.05, 0) is 45.1 Å². The fourth-order valence-corrected chi connectivity index (χ4v) is 2.87. The van der Waals surface area contributed by atoms with Gasteiger partial charge in [-0.15, -0.1) is 0 Å². The number of hydrogen-bond donors (Lipinski definition) is 2. The van der Waals surface area contributed by atoms with Crippen LogP contribution in [0, 0.1) is 11.3 Å². The lowest BCUT2D eigenvalue weighted by Gasteiger charge is -2.31. The lowest BCUT2D eigenvalue weighted by molar-refractivity contribution is 0.0391. The Labute approximate surface area is 100 Å². The summed E-state index contributed by atoms with van der Waals surface area (Å²) in [6, 6.07) is 0.289. The second kappa shape index (κ2) is 4.63. The third-order valence-electron chi connectivity index (χ3n) is 3.77. The van der Waals surface area contributed by atoms with E-state index in [2.05, 4.69) is 25.8 Å². The summed E-state index contributed by atoms with van der Waals surface area (Å²) in [7, 11) is 2.07. The molecule has 0 radical (unpaired) electrons. The molecule has 1 aliphatic carbocycles. The molecule has 3 heteroatoms. The van der Waals surface area contributed by atoms with Gasteiger partial charge in [-0.25, -0.2) is 0 Å². The van der Waals surface area contributed by atoms with Crippen LogP contribution >= 0.6 is 0 Å². The zero-order valence-electron chi connectivity index (χ0n) is 11.5. The van der Waals surface area contributed by atoms with Gasteiger partial charge >= 0.3 is 0 Å². The van der Waals surface area contributed by atoms with E-state index in [4.69, 9.17) is 5.73 Å². The molecule has 0 spiro atoms. The second-order valence-corrected chi connectivity index (χ2v) is 6.82. The van der Waals surface area contributed by atoms with Crippen molar-refractivity contribution in [1.29, 1.82) is 0 Å². The standard InChI is InChI=1S/C13H28N2O/c1-12(2)7-6-10(11(12)14)8-15(5)9-13(3,4)16/h10-11,16H,6-9,14H2,1-5H3. The van der Waals surface area contributed by atoms with E-state index < -0.39 is 5.60 Å². The van der Waals surface area contributed by atoms with Crippen LogP contribution in [0.1, 0.15) is 40.5 Å². The van der Waals surface area contributed by atoms with E-state index >= 15 is 0 Å². The van der Waals surface area contributed by atoms with Crippen molar-refractivity contribution in [3.05, 3.63) is 0 Å². The van der Waals surface area contributed by atoms with Crippen LogP contribution in [-0.2, 0) is 0 Å². The minimum atomic E-state index is -0.618. The molecule has 1 fully saturated rings. The highest BCUT2D eigenvalue weighted by molar-refractivity contribution is 4.95. The van der Waals surface area contributed by atoms with Crippen molar-refractivity contribution in [2.75, 3.05) is 20.1 Å². The predicted molar refractivity (Wildman–Crippen MR) is 68.3 cm³/mol. The average Bonchev–Trinajstić information content (AvgIpc) is 2.28. The molecule has 0 aliphatic heterocycles. The first-order chi connectivity index (χ1) is 7.12. The summed E-state index contributed by atoms with van der Waals surface area (Å²) in [5.41, 5.74) is 5.94. The Morgan fingerprint density at radius 1 is 1.44 bits per heavy atom. The molecule has 0 aromatic carbocycles. The molecular weight excluding hydrogens is 200 g/mol. The molecule has 16 heavy (non-hydrogen) atoms. The van der Waals surface area contributed by atoms with E-state index in [0.29, 0.717) is 12.5 Å². The first-order valence-corrected chi connectivity index (χ1v) is 6.28. The maximum absolute atomic E-state index is 9.76. The van der Waals surface area contributed by atoms with Crippen LogP contribution in [0.4, 0.5) is 0 Å². The van der Waals surface area contributed by atoms with E-state index in [0.717, 1.165) is 6.54 Å². The average molecular weight is 228 g/mol. The fourth-order valence-electron chi connectivity index (χ4n) is 2.87. The minimum Gasteiger partial charge on any atom is -0.389 e. The smallest absolute Gasteiger partial charge is 0.0718 e. The molecule has 0 saturated heterocycles. The Morgan fingerprint density at radius 3 is 2.38 bits per heavy atom. The van der Waals surface area contributed by atoms with Crippen molar-refractivity contribution in [1.82, 2.24) is 4.90 Å². The van der Waals surface area contributed by atoms with Gasteiger partial charge in [0.1, 0.15) is 0 Å². The largest absolute Gasteiger partial charge is 0.389 e. The fraction of sp³-hybridized carbons (Fsp3) is 1.00. The van der Waals surface area contributed by atoms with Gasteiger partial charge in [0.2, 0.25) is 0 Å². The number of aliphatic hydroxyl groups is 1. The van der Waals surface area contributed by atoms with Gasteiger partial charge in [0.05, 0.1) is 5.60 Å². The lowest BCUT2D eigenvalue weighted by Crippen LogP contribution is -2.44. The Bertz CT molecular complexity index is 233. The Balaban J connectivity index is 2.44. The minimum absolute atomic E-state index is 0.278. The molecule has 2 atom stereocenters. The molecule has 1 rings (SSSR count). The molecule has 3 nitrogen and oxygen atoms in total. The quantitative estimate of drug-likeness (QED) is 0.766. The summed E-state index contributed by atoms with van der Waals surface area (Å²) >= 11 is 0. The third kappa shape index (κ3) is 3.72. The molecule has 1 aliphatic rings. The molecule has 96 valence electrons. The van der Waals surface area contributed by atoms with E-state index in [1.54, 1.807) is 0 Å². The summed E-state index contributed by atoms with van der Waals surface area (Å²) < 4.78 is 0. The maximum atomic E-state index is 9.76. The Kier molecular flexibility index (Phi) is 4.04. The second-order valence-electron chi connectivity index (χ2n) is 6.82. The highest BCUT2D eigenvalue weighted by atomic mass is 16.3. The molecule has 0 amide bonds. The van der Waals surface area contributed by atoms with E-state index in [1.165, 1.54) is 12.8 Å². The van der Waals surface area contributed by atoms with Crippen molar-refractivity contribution in [3.8, 4) is 0 Å². The highest BCUT2D eigenvalue weighted by Crippen LogP contribution is 2.40. The van der Waals surface area contributed by atoms with Gasteiger partial charge in [0.15, 0.2) is 0 Å². The van der Waals surface area contributed by atoms with Crippen molar-refractivity contribution in [2.45, 2.75) is 52.2 Å². The van der Waals surface area contributed by atoms with Crippen molar-refractivity contribution < 1.29 is 5.11 Å². The number of rotatable bonds is 4. The molecule has 1 saturated carbocycles. The predicted octanol–water partition coefficient (Wildman–Crippen LogP) is 1.45. The summed E-state index contributed by atoms with van der Waals surface area (Å²) in [5, 5.41) is 9.76. The van der Waals surface area contributed by atoms with Gasteiger partial charge in [-0.3, -0.25) is 0 Å². The number of nitrogens with two attached hydrogens (primary N) is 1.